The van der Waals surface area contributed by atoms with Gasteiger partial charge in [-0.2, -0.15) is 0 Å². The molecule has 2 aromatic rings. The van der Waals surface area contributed by atoms with E-state index in [4.69, 9.17) is 16.3 Å². The van der Waals surface area contributed by atoms with Crippen LogP contribution >= 0.6 is 11.6 Å². The van der Waals surface area contributed by atoms with Gasteiger partial charge in [0, 0.05) is 16.6 Å². The molecule has 0 aromatic heterocycles. The largest absolute Gasteiger partial charge is 0.488 e. The molecule has 1 N–H and O–H groups in total. The van der Waals surface area contributed by atoms with Crippen LogP contribution < -0.4 is 10.1 Å². The molecule has 0 radical (unpaired) electrons. The monoisotopic (exact) mass is 329 g/mol. The summed E-state index contributed by atoms with van der Waals surface area (Å²) >= 11 is 6.15. The van der Waals surface area contributed by atoms with E-state index >= 15 is 0 Å². The molecule has 0 saturated heterocycles. The van der Waals surface area contributed by atoms with Gasteiger partial charge in [-0.05, 0) is 31.0 Å². The predicted molar refractivity (Wildman–Crippen MR) is 91.9 cm³/mol. The summed E-state index contributed by atoms with van der Waals surface area (Å²) in [5.41, 5.74) is 1.48. The lowest BCUT2D eigenvalue weighted by Gasteiger charge is -2.15. The molecule has 0 aliphatic heterocycles. The number of benzene rings is 2. The molecular weight excluding hydrogens is 310 g/mol. The number of amides is 1. The number of hydrogen-bond acceptors (Lipinski definition) is 2. The summed E-state index contributed by atoms with van der Waals surface area (Å²) in [4.78, 5) is 12.5. The van der Waals surface area contributed by atoms with E-state index in [1.54, 1.807) is 6.07 Å². The van der Waals surface area contributed by atoms with Crippen molar-refractivity contribution in [2.24, 2.45) is 0 Å². The lowest BCUT2D eigenvalue weighted by Crippen LogP contribution is -2.32. The van der Waals surface area contributed by atoms with Crippen molar-refractivity contribution in [3.63, 3.8) is 0 Å². The van der Waals surface area contributed by atoms with E-state index in [0.29, 0.717) is 29.0 Å². The fourth-order valence-electron chi connectivity index (χ4n) is 2.88. The van der Waals surface area contributed by atoms with Gasteiger partial charge in [-0.1, -0.05) is 54.8 Å². The molecule has 1 fully saturated rings. The first-order valence-electron chi connectivity index (χ1n) is 8.00. The van der Waals surface area contributed by atoms with E-state index < -0.39 is 0 Å². The third-order valence-corrected chi connectivity index (χ3v) is 4.53. The van der Waals surface area contributed by atoms with Gasteiger partial charge in [-0.3, -0.25) is 4.79 Å². The Bertz CT molecular complexity index is 681. The van der Waals surface area contributed by atoms with Gasteiger partial charge < -0.3 is 10.1 Å². The second-order valence-corrected chi connectivity index (χ2v) is 6.24. The van der Waals surface area contributed by atoms with Crippen molar-refractivity contribution in [1.29, 1.82) is 0 Å². The van der Waals surface area contributed by atoms with Crippen LogP contribution in [-0.4, -0.2) is 11.9 Å². The summed E-state index contributed by atoms with van der Waals surface area (Å²) in [7, 11) is 0. The quantitative estimate of drug-likeness (QED) is 0.871. The van der Waals surface area contributed by atoms with E-state index in [0.717, 1.165) is 18.4 Å². The van der Waals surface area contributed by atoms with Crippen molar-refractivity contribution in [3.8, 4) is 5.75 Å². The van der Waals surface area contributed by atoms with E-state index in [2.05, 4.69) is 5.32 Å². The Balaban J connectivity index is 1.70. The second kappa shape index (κ2) is 7.51. The van der Waals surface area contributed by atoms with Crippen molar-refractivity contribution in [2.75, 3.05) is 0 Å². The fraction of sp³-hybridized carbons (Fsp3) is 0.316. The summed E-state index contributed by atoms with van der Waals surface area (Å²) in [6, 6.07) is 15.2. The van der Waals surface area contributed by atoms with Crippen LogP contribution in [-0.2, 0) is 6.61 Å². The minimum absolute atomic E-state index is 0.0633. The molecule has 2 aromatic carbocycles. The van der Waals surface area contributed by atoms with Crippen LogP contribution in [0.1, 0.15) is 41.6 Å². The average molecular weight is 330 g/mol. The average Bonchev–Trinajstić information content (AvgIpc) is 3.07. The number of ether oxygens (including phenoxy) is 1. The highest BCUT2D eigenvalue weighted by atomic mass is 35.5. The highest BCUT2D eigenvalue weighted by Crippen LogP contribution is 2.23. The molecule has 0 atom stereocenters. The van der Waals surface area contributed by atoms with Gasteiger partial charge in [0.25, 0.3) is 5.91 Å². The topological polar surface area (TPSA) is 38.3 Å². The summed E-state index contributed by atoms with van der Waals surface area (Å²) < 4.78 is 5.84. The van der Waals surface area contributed by atoms with Crippen molar-refractivity contribution in [2.45, 2.75) is 38.3 Å². The number of hydrogen-bond donors (Lipinski definition) is 1. The molecule has 3 nitrogen and oxygen atoms in total. The molecule has 3 rings (SSSR count). The van der Waals surface area contributed by atoms with Gasteiger partial charge in [0.15, 0.2) is 0 Å². The first-order valence-corrected chi connectivity index (χ1v) is 8.38. The van der Waals surface area contributed by atoms with Gasteiger partial charge in [0.1, 0.15) is 12.4 Å². The van der Waals surface area contributed by atoms with Crippen LogP contribution in [0.4, 0.5) is 0 Å². The summed E-state index contributed by atoms with van der Waals surface area (Å²) in [5, 5.41) is 3.77. The smallest absolute Gasteiger partial charge is 0.255 e. The summed E-state index contributed by atoms with van der Waals surface area (Å²) in [6.07, 6.45) is 4.51. The zero-order chi connectivity index (χ0) is 16.1. The van der Waals surface area contributed by atoms with Gasteiger partial charge in [-0.25, -0.2) is 0 Å². The SMILES string of the molecule is O=C(NC1CCCC1)c1ccccc1OCc1ccccc1Cl. The van der Waals surface area contributed by atoms with Gasteiger partial charge in [-0.15, -0.1) is 0 Å². The maximum absolute atomic E-state index is 12.5. The number of para-hydroxylation sites is 1. The van der Waals surface area contributed by atoms with E-state index in [1.165, 1.54) is 12.8 Å². The fourth-order valence-corrected chi connectivity index (χ4v) is 3.07. The molecule has 23 heavy (non-hydrogen) atoms. The van der Waals surface area contributed by atoms with Crippen LogP contribution in [0.15, 0.2) is 48.5 Å². The zero-order valence-electron chi connectivity index (χ0n) is 12.9. The third kappa shape index (κ3) is 4.05. The lowest BCUT2D eigenvalue weighted by atomic mass is 10.1. The Hall–Kier alpha value is -2.00. The Kier molecular flexibility index (Phi) is 5.19. The van der Waals surface area contributed by atoms with Gasteiger partial charge in [0.2, 0.25) is 0 Å². The number of carbonyl (C=O) groups is 1. The summed E-state index contributed by atoms with van der Waals surface area (Å²) in [6.45, 7) is 0.341. The predicted octanol–water partition coefficient (Wildman–Crippen LogP) is 4.59. The molecule has 0 bridgehead atoms. The zero-order valence-corrected chi connectivity index (χ0v) is 13.7. The molecule has 4 heteroatoms. The standard InChI is InChI=1S/C19H20ClNO2/c20-17-11-5-1-7-14(17)13-23-18-12-6-4-10-16(18)19(22)21-15-8-2-3-9-15/h1,4-7,10-12,15H,2-3,8-9,13H2,(H,21,22). The van der Waals surface area contributed by atoms with Crippen molar-refractivity contribution < 1.29 is 9.53 Å². The Morgan fingerprint density at radius 1 is 1.09 bits per heavy atom. The summed E-state index contributed by atoms with van der Waals surface area (Å²) in [5.74, 6) is 0.523. The van der Waals surface area contributed by atoms with Crippen molar-refractivity contribution in [1.82, 2.24) is 5.32 Å². The Labute approximate surface area is 141 Å². The molecule has 1 aliphatic carbocycles. The Morgan fingerprint density at radius 3 is 2.57 bits per heavy atom. The second-order valence-electron chi connectivity index (χ2n) is 5.83. The number of rotatable bonds is 5. The molecule has 0 unspecified atom stereocenters. The van der Waals surface area contributed by atoms with Crippen LogP contribution in [0, 0.1) is 0 Å². The molecule has 1 amide bonds. The molecular formula is C19H20ClNO2. The van der Waals surface area contributed by atoms with Crippen molar-refractivity contribution >= 4 is 17.5 Å². The normalized spacial score (nSPS) is 14.7. The molecule has 0 heterocycles. The lowest BCUT2D eigenvalue weighted by molar-refractivity contribution is 0.0933. The minimum Gasteiger partial charge on any atom is -0.488 e. The molecule has 120 valence electrons. The molecule has 1 aliphatic rings. The highest BCUT2D eigenvalue weighted by Gasteiger charge is 2.20. The van der Waals surface area contributed by atoms with E-state index in [-0.39, 0.29) is 5.91 Å². The van der Waals surface area contributed by atoms with Crippen LogP contribution in [0.2, 0.25) is 5.02 Å². The van der Waals surface area contributed by atoms with Gasteiger partial charge >= 0.3 is 0 Å². The molecule has 1 saturated carbocycles. The van der Waals surface area contributed by atoms with Gasteiger partial charge in [0.05, 0.1) is 5.56 Å². The number of halogens is 1. The first-order chi connectivity index (χ1) is 11.2. The maximum atomic E-state index is 12.5. The van der Waals surface area contributed by atoms with Crippen LogP contribution in [0.5, 0.6) is 5.75 Å². The van der Waals surface area contributed by atoms with Crippen molar-refractivity contribution in [3.05, 3.63) is 64.7 Å². The highest BCUT2D eigenvalue weighted by molar-refractivity contribution is 6.31. The van der Waals surface area contributed by atoms with E-state index in [9.17, 15) is 4.79 Å². The number of nitrogens with one attached hydrogen (secondary N) is 1. The Morgan fingerprint density at radius 2 is 1.78 bits per heavy atom. The van der Waals surface area contributed by atoms with E-state index in [1.807, 2.05) is 42.5 Å². The maximum Gasteiger partial charge on any atom is 0.255 e. The minimum atomic E-state index is -0.0633. The van der Waals surface area contributed by atoms with Crippen LogP contribution in [0.25, 0.3) is 0 Å². The first kappa shape index (κ1) is 15.9. The third-order valence-electron chi connectivity index (χ3n) is 4.16. The molecule has 0 spiro atoms. The number of carbonyl (C=O) groups excluding carboxylic acids is 1. The van der Waals surface area contributed by atoms with Crippen LogP contribution in [0.3, 0.4) is 0 Å².